The fraction of sp³-hybridized carbons (Fsp3) is 0.250. The highest BCUT2D eigenvalue weighted by Gasteiger charge is 2.14. The third kappa shape index (κ3) is 4.61. The third-order valence-corrected chi connectivity index (χ3v) is 4.40. The van der Waals surface area contributed by atoms with Crippen LogP contribution in [0.5, 0.6) is 0 Å². The zero-order valence-corrected chi connectivity index (χ0v) is 14.9. The van der Waals surface area contributed by atoms with Crippen LogP contribution in [0.2, 0.25) is 0 Å². The average molecular weight is 395 g/mol. The zero-order valence-electron chi connectivity index (χ0n) is 14.1. The molecule has 0 saturated carbocycles. The van der Waals surface area contributed by atoms with Gasteiger partial charge in [0, 0.05) is 23.4 Å². The van der Waals surface area contributed by atoms with E-state index in [4.69, 9.17) is 0 Å². The summed E-state index contributed by atoms with van der Waals surface area (Å²) in [5.41, 5.74) is 1.37. The SMILES string of the molecule is Cc1nc(SC(F)F)[nH]c(=O)c1CCC(=O)Nc1ccc2[nH]c(=O)[nH]c2c1. The number of alkyl halides is 2. The average Bonchev–Trinajstić information content (AvgIpc) is 2.92. The van der Waals surface area contributed by atoms with Crippen molar-refractivity contribution in [2.45, 2.75) is 30.7 Å². The lowest BCUT2D eigenvalue weighted by molar-refractivity contribution is -0.116. The minimum Gasteiger partial charge on any atom is -0.326 e. The molecule has 0 spiro atoms. The minimum absolute atomic E-state index is 0.00856. The molecule has 0 aliphatic rings. The van der Waals surface area contributed by atoms with Gasteiger partial charge < -0.3 is 20.3 Å². The summed E-state index contributed by atoms with van der Waals surface area (Å²) in [6.45, 7) is 1.54. The number of nitrogens with one attached hydrogen (secondary N) is 4. The molecular formula is C16H15F2N5O3S. The van der Waals surface area contributed by atoms with Crippen molar-refractivity contribution in [1.82, 2.24) is 19.9 Å². The number of anilines is 1. The smallest absolute Gasteiger partial charge is 0.323 e. The van der Waals surface area contributed by atoms with Gasteiger partial charge in [-0.15, -0.1) is 0 Å². The van der Waals surface area contributed by atoms with Crippen molar-refractivity contribution in [1.29, 1.82) is 0 Å². The van der Waals surface area contributed by atoms with Gasteiger partial charge in [-0.2, -0.15) is 8.78 Å². The molecule has 1 aromatic carbocycles. The monoisotopic (exact) mass is 395 g/mol. The molecule has 0 unspecified atom stereocenters. The lowest BCUT2D eigenvalue weighted by atomic mass is 10.1. The number of imidazole rings is 1. The zero-order chi connectivity index (χ0) is 19.6. The Labute approximate surface area is 154 Å². The largest absolute Gasteiger partial charge is 0.326 e. The molecule has 0 radical (unpaired) electrons. The van der Waals surface area contributed by atoms with Gasteiger partial charge in [-0.1, -0.05) is 0 Å². The quantitative estimate of drug-likeness (QED) is 0.376. The Morgan fingerprint density at radius 2 is 1.96 bits per heavy atom. The van der Waals surface area contributed by atoms with E-state index in [1.807, 2.05) is 0 Å². The predicted octanol–water partition coefficient (Wildman–Crippen LogP) is 2.13. The van der Waals surface area contributed by atoms with E-state index in [2.05, 4.69) is 25.3 Å². The Morgan fingerprint density at radius 1 is 1.22 bits per heavy atom. The first-order valence-electron chi connectivity index (χ1n) is 7.88. The number of carbonyl (C=O) groups excluding carboxylic acids is 1. The molecule has 0 aliphatic carbocycles. The molecule has 0 bridgehead atoms. The number of fused-ring (bicyclic) bond motifs is 1. The van der Waals surface area contributed by atoms with Crippen molar-refractivity contribution in [3.63, 3.8) is 0 Å². The van der Waals surface area contributed by atoms with Gasteiger partial charge in [0.1, 0.15) is 0 Å². The summed E-state index contributed by atoms with van der Waals surface area (Å²) in [4.78, 5) is 46.8. The predicted molar refractivity (Wildman–Crippen MR) is 97.3 cm³/mol. The fourth-order valence-electron chi connectivity index (χ4n) is 2.59. The molecule has 8 nitrogen and oxygen atoms in total. The fourth-order valence-corrected chi connectivity index (χ4v) is 3.10. The van der Waals surface area contributed by atoms with E-state index in [1.54, 1.807) is 18.2 Å². The van der Waals surface area contributed by atoms with Gasteiger partial charge in [-0.05, 0) is 43.3 Å². The molecule has 0 atom stereocenters. The number of rotatable bonds is 6. The van der Waals surface area contributed by atoms with Crippen molar-refractivity contribution >= 4 is 34.4 Å². The second-order valence-corrected chi connectivity index (χ2v) is 6.68. The number of hydrogen-bond donors (Lipinski definition) is 4. The van der Waals surface area contributed by atoms with Crippen LogP contribution < -0.4 is 16.6 Å². The molecule has 2 aromatic heterocycles. The number of H-pyrrole nitrogens is 3. The molecule has 142 valence electrons. The lowest BCUT2D eigenvalue weighted by Gasteiger charge is -2.08. The summed E-state index contributed by atoms with van der Waals surface area (Å²) in [6, 6.07) is 4.90. The van der Waals surface area contributed by atoms with Crippen molar-refractivity contribution < 1.29 is 13.6 Å². The van der Waals surface area contributed by atoms with Gasteiger partial charge in [0.25, 0.3) is 11.3 Å². The van der Waals surface area contributed by atoms with E-state index in [0.717, 1.165) is 0 Å². The van der Waals surface area contributed by atoms with E-state index in [9.17, 15) is 23.2 Å². The first-order valence-corrected chi connectivity index (χ1v) is 8.76. The summed E-state index contributed by atoms with van der Waals surface area (Å²) in [7, 11) is 0. The van der Waals surface area contributed by atoms with Crippen LogP contribution in [-0.4, -0.2) is 31.6 Å². The normalized spacial score (nSPS) is 11.3. The summed E-state index contributed by atoms with van der Waals surface area (Å²) >= 11 is 0.157. The summed E-state index contributed by atoms with van der Waals surface area (Å²) in [6.07, 6.45) is 0.123. The first kappa shape index (κ1) is 18.8. The highest BCUT2D eigenvalue weighted by Crippen LogP contribution is 2.21. The van der Waals surface area contributed by atoms with E-state index in [0.29, 0.717) is 22.4 Å². The Bertz CT molecular complexity index is 1110. The number of amides is 1. The van der Waals surface area contributed by atoms with Crippen LogP contribution >= 0.6 is 11.8 Å². The number of hydrogen-bond acceptors (Lipinski definition) is 5. The number of aryl methyl sites for hydroxylation is 1. The molecule has 2 heterocycles. The highest BCUT2D eigenvalue weighted by molar-refractivity contribution is 7.99. The molecule has 1 amide bonds. The van der Waals surface area contributed by atoms with E-state index < -0.39 is 11.3 Å². The van der Waals surface area contributed by atoms with Gasteiger partial charge in [-0.3, -0.25) is 9.59 Å². The third-order valence-electron chi connectivity index (χ3n) is 3.80. The second-order valence-electron chi connectivity index (χ2n) is 5.70. The maximum absolute atomic E-state index is 12.4. The maximum atomic E-state index is 12.4. The second kappa shape index (κ2) is 7.74. The number of nitrogens with zero attached hydrogens (tertiary/aromatic N) is 1. The molecule has 11 heteroatoms. The van der Waals surface area contributed by atoms with Gasteiger partial charge in [-0.25, -0.2) is 9.78 Å². The van der Waals surface area contributed by atoms with Crippen LogP contribution in [-0.2, 0) is 11.2 Å². The van der Waals surface area contributed by atoms with Crippen LogP contribution in [0.25, 0.3) is 11.0 Å². The lowest BCUT2D eigenvalue weighted by Crippen LogP contribution is -2.20. The van der Waals surface area contributed by atoms with Crippen molar-refractivity contribution in [2.24, 2.45) is 0 Å². The summed E-state index contributed by atoms with van der Waals surface area (Å²) < 4.78 is 24.7. The molecule has 4 N–H and O–H groups in total. The van der Waals surface area contributed by atoms with Crippen LogP contribution in [0.15, 0.2) is 32.9 Å². The molecule has 0 fully saturated rings. The number of aromatic nitrogens is 4. The number of carbonyl (C=O) groups is 1. The van der Waals surface area contributed by atoms with Crippen LogP contribution in [0.1, 0.15) is 17.7 Å². The number of aromatic amines is 3. The molecule has 0 aliphatic heterocycles. The Kier molecular flexibility index (Phi) is 5.40. The molecular weight excluding hydrogens is 380 g/mol. The van der Waals surface area contributed by atoms with E-state index >= 15 is 0 Å². The van der Waals surface area contributed by atoms with E-state index in [1.165, 1.54) is 6.92 Å². The molecule has 0 saturated heterocycles. The van der Waals surface area contributed by atoms with Crippen molar-refractivity contribution in [3.05, 3.63) is 50.3 Å². The maximum Gasteiger partial charge on any atom is 0.323 e. The van der Waals surface area contributed by atoms with Crippen molar-refractivity contribution in [3.8, 4) is 0 Å². The van der Waals surface area contributed by atoms with Gasteiger partial charge in [0.2, 0.25) is 5.91 Å². The summed E-state index contributed by atoms with van der Waals surface area (Å²) in [5.74, 6) is -3.02. The molecule has 3 rings (SSSR count). The minimum atomic E-state index is -2.68. The molecule has 3 aromatic rings. The van der Waals surface area contributed by atoms with E-state index in [-0.39, 0.29) is 46.9 Å². The Hall–Kier alpha value is -2.95. The Balaban J connectivity index is 1.66. The summed E-state index contributed by atoms with van der Waals surface area (Å²) in [5, 5.41) is 2.52. The van der Waals surface area contributed by atoms with Crippen molar-refractivity contribution in [2.75, 3.05) is 5.32 Å². The Morgan fingerprint density at radius 3 is 2.67 bits per heavy atom. The highest BCUT2D eigenvalue weighted by atomic mass is 32.2. The van der Waals surface area contributed by atoms with Crippen LogP contribution in [0.4, 0.5) is 14.5 Å². The first-order chi connectivity index (χ1) is 12.8. The number of benzene rings is 1. The van der Waals surface area contributed by atoms with Crippen LogP contribution in [0, 0.1) is 6.92 Å². The van der Waals surface area contributed by atoms with Crippen LogP contribution in [0.3, 0.4) is 0 Å². The number of thioether (sulfide) groups is 1. The topological polar surface area (TPSA) is 123 Å². The standard InChI is InChI=1S/C16H15F2N5O3S/c1-7-9(13(25)23-16(19-7)27-14(17)18)3-5-12(24)20-8-2-4-10-11(6-8)22-15(26)21-10/h2,4,6,14H,3,5H2,1H3,(H,20,24)(H,19,23,25)(H2,21,22,26). The van der Waals surface area contributed by atoms with Gasteiger partial charge in [0.05, 0.1) is 11.0 Å². The van der Waals surface area contributed by atoms with Gasteiger partial charge in [0.15, 0.2) is 5.16 Å². The molecule has 27 heavy (non-hydrogen) atoms. The number of halogens is 2. The van der Waals surface area contributed by atoms with Gasteiger partial charge >= 0.3 is 5.69 Å².